The maximum Gasteiger partial charge on any atom is 0.150 e. The first kappa shape index (κ1) is 10.5. The zero-order valence-electron chi connectivity index (χ0n) is 9.23. The van der Waals surface area contributed by atoms with Crippen LogP contribution in [0.2, 0.25) is 0 Å². The van der Waals surface area contributed by atoms with E-state index in [2.05, 4.69) is 16.4 Å². The summed E-state index contributed by atoms with van der Waals surface area (Å²) in [6.07, 6.45) is 3.75. The minimum absolute atomic E-state index is 0.748. The van der Waals surface area contributed by atoms with Crippen molar-refractivity contribution in [2.75, 3.05) is 0 Å². The number of aryl methyl sites for hydroxylation is 1. The number of carbonyl (C=O) groups is 1. The van der Waals surface area contributed by atoms with E-state index in [1.54, 1.807) is 0 Å². The maximum absolute atomic E-state index is 10.9. The van der Waals surface area contributed by atoms with Crippen LogP contribution in [-0.2, 0) is 6.54 Å². The smallest absolute Gasteiger partial charge is 0.150 e. The zero-order chi connectivity index (χ0) is 11.4. The van der Waals surface area contributed by atoms with Crippen LogP contribution >= 0.6 is 0 Å². The molecule has 2 rings (SSSR count). The van der Waals surface area contributed by atoms with E-state index < -0.39 is 0 Å². The summed E-state index contributed by atoms with van der Waals surface area (Å²) in [7, 11) is 0. The molecule has 0 fully saturated rings. The predicted octanol–water partition coefficient (Wildman–Crippen LogP) is 2.87. The Kier molecular flexibility index (Phi) is 3.07. The van der Waals surface area contributed by atoms with E-state index in [0.29, 0.717) is 0 Å². The number of carbonyl (C=O) groups excluding carboxylic acids is 1. The highest BCUT2D eigenvalue weighted by molar-refractivity contribution is 5.97. The number of hydrogen-bond donors (Lipinski definition) is 0. The summed E-state index contributed by atoms with van der Waals surface area (Å²) in [6, 6.07) is 7.76. The molecule has 0 N–H and O–H groups in total. The Morgan fingerprint density at radius 2 is 2.25 bits per heavy atom. The standard InChI is InChI=1S/C14H13NO/c1-2-3-4-9-15-10-8-13-12(11-16)6-5-7-14(13)15/h5-8,10-11H,4,9H2,1H3. The Balaban J connectivity index is 2.39. The van der Waals surface area contributed by atoms with Crippen molar-refractivity contribution in [3.8, 4) is 11.8 Å². The summed E-state index contributed by atoms with van der Waals surface area (Å²) < 4.78 is 2.13. The lowest BCUT2D eigenvalue weighted by atomic mass is 10.1. The number of aromatic nitrogens is 1. The molecule has 1 aromatic heterocycles. The fourth-order valence-corrected chi connectivity index (χ4v) is 1.85. The molecule has 0 aliphatic heterocycles. The third kappa shape index (κ3) is 1.85. The normalized spacial score (nSPS) is 9.81. The summed E-state index contributed by atoms with van der Waals surface area (Å²) in [5.74, 6) is 5.92. The van der Waals surface area contributed by atoms with E-state index in [9.17, 15) is 4.79 Å². The minimum atomic E-state index is 0.748. The average Bonchev–Trinajstić information content (AvgIpc) is 2.73. The van der Waals surface area contributed by atoms with E-state index >= 15 is 0 Å². The van der Waals surface area contributed by atoms with Gasteiger partial charge in [-0.05, 0) is 19.1 Å². The fraction of sp³-hybridized carbons (Fsp3) is 0.214. The molecule has 0 spiro atoms. The van der Waals surface area contributed by atoms with Crippen molar-refractivity contribution in [1.82, 2.24) is 4.57 Å². The number of rotatable bonds is 3. The molecular weight excluding hydrogens is 198 g/mol. The molecule has 0 saturated carbocycles. The predicted molar refractivity (Wildman–Crippen MR) is 65.4 cm³/mol. The van der Waals surface area contributed by atoms with Gasteiger partial charge in [-0.15, -0.1) is 11.8 Å². The van der Waals surface area contributed by atoms with Crippen LogP contribution in [0.25, 0.3) is 10.9 Å². The molecule has 2 aromatic rings. The zero-order valence-corrected chi connectivity index (χ0v) is 9.23. The molecule has 2 nitrogen and oxygen atoms in total. The number of benzene rings is 1. The number of aldehydes is 1. The van der Waals surface area contributed by atoms with Crippen molar-refractivity contribution in [2.24, 2.45) is 0 Å². The molecule has 0 amide bonds. The Hall–Kier alpha value is -2.01. The number of hydrogen-bond acceptors (Lipinski definition) is 1. The highest BCUT2D eigenvalue weighted by Crippen LogP contribution is 2.19. The van der Waals surface area contributed by atoms with Crippen LogP contribution < -0.4 is 0 Å². The number of nitrogens with zero attached hydrogens (tertiary/aromatic N) is 1. The molecule has 0 aliphatic carbocycles. The fourth-order valence-electron chi connectivity index (χ4n) is 1.85. The molecule has 1 aromatic carbocycles. The van der Waals surface area contributed by atoms with Crippen LogP contribution in [0.1, 0.15) is 23.7 Å². The molecule has 2 heteroatoms. The SMILES string of the molecule is CC#CCCn1ccc2c(C=O)cccc21. The van der Waals surface area contributed by atoms with Crippen LogP contribution in [0.4, 0.5) is 0 Å². The first-order chi connectivity index (χ1) is 7.86. The first-order valence-electron chi connectivity index (χ1n) is 5.29. The first-order valence-corrected chi connectivity index (χ1v) is 5.29. The Labute approximate surface area is 94.9 Å². The monoisotopic (exact) mass is 211 g/mol. The molecule has 0 aliphatic rings. The van der Waals surface area contributed by atoms with Crippen molar-refractivity contribution in [3.05, 3.63) is 36.0 Å². The number of fused-ring (bicyclic) bond motifs is 1. The van der Waals surface area contributed by atoms with Gasteiger partial charge in [0.15, 0.2) is 6.29 Å². The van der Waals surface area contributed by atoms with E-state index in [1.807, 2.05) is 37.4 Å². The van der Waals surface area contributed by atoms with E-state index in [0.717, 1.165) is 35.7 Å². The van der Waals surface area contributed by atoms with E-state index in [1.165, 1.54) is 0 Å². The molecule has 1 heterocycles. The molecule has 0 saturated heterocycles. The Bertz CT molecular complexity index is 569. The van der Waals surface area contributed by atoms with Gasteiger partial charge in [0, 0.05) is 35.6 Å². The summed E-state index contributed by atoms with van der Waals surface area (Å²) in [5.41, 5.74) is 1.85. The quantitative estimate of drug-likeness (QED) is 0.565. The van der Waals surface area contributed by atoms with Gasteiger partial charge in [-0.1, -0.05) is 12.1 Å². The van der Waals surface area contributed by atoms with Gasteiger partial charge >= 0.3 is 0 Å². The third-order valence-electron chi connectivity index (χ3n) is 2.63. The van der Waals surface area contributed by atoms with Gasteiger partial charge < -0.3 is 4.57 Å². The van der Waals surface area contributed by atoms with Crippen LogP contribution in [-0.4, -0.2) is 10.9 Å². The lowest BCUT2D eigenvalue weighted by Crippen LogP contribution is -1.94. The Morgan fingerprint density at radius 3 is 3.00 bits per heavy atom. The van der Waals surface area contributed by atoms with Crippen LogP contribution in [0, 0.1) is 11.8 Å². The second-order valence-electron chi connectivity index (χ2n) is 3.58. The highest BCUT2D eigenvalue weighted by atomic mass is 16.1. The molecule has 0 atom stereocenters. The topological polar surface area (TPSA) is 22.0 Å². The molecule has 0 unspecified atom stereocenters. The van der Waals surface area contributed by atoms with Crippen LogP contribution in [0.3, 0.4) is 0 Å². The summed E-state index contributed by atoms with van der Waals surface area (Å²) in [4.78, 5) is 10.9. The molecule has 0 radical (unpaired) electrons. The van der Waals surface area contributed by atoms with Crippen LogP contribution in [0.5, 0.6) is 0 Å². The van der Waals surface area contributed by atoms with Crippen molar-refractivity contribution in [1.29, 1.82) is 0 Å². The lowest BCUT2D eigenvalue weighted by Gasteiger charge is -2.02. The molecular formula is C14H13NO. The summed E-state index contributed by atoms with van der Waals surface area (Å²) in [6.45, 7) is 2.71. The van der Waals surface area contributed by atoms with Gasteiger partial charge in [0.05, 0.1) is 0 Å². The van der Waals surface area contributed by atoms with Gasteiger partial charge in [0.25, 0.3) is 0 Å². The average molecular weight is 211 g/mol. The van der Waals surface area contributed by atoms with Gasteiger partial charge in [0.1, 0.15) is 0 Å². The largest absolute Gasteiger partial charge is 0.347 e. The van der Waals surface area contributed by atoms with Gasteiger partial charge in [-0.25, -0.2) is 0 Å². The van der Waals surface area contributed by atoms with Crippen molar-refractivity contribution >= 4 is 17.2 Å². The van der Waals surface area contributed by atoms with Crippen molar-refractivity contribution < 1.29 is 4.79 Å². The van der Waals surface area contributed by atoms with Gasteiger partial charge in [-0.3, -0.25) is 4.79 Å². The highest BCUT2D eigenvalue weighted by Gasteiger charge is 2.03. The van der Waals surface area contributed by atoms with Gasteiger partial charge in [-0.2, -0.15) is 0 Å². The second-order valence-corrected chi connectivity index (χ2v) is 3.58. The summed E-state index contributed by atoms with van der Waals surface area (Å²) >= 11 is 0. The maximum atomic E-state index is 10.9. The second kappa shape index (κ2) is 4.67. The van der Waals surface area contributed by atoms with E-state index in [-0.39, 0.29) is 0 Å². The Morgan fingerprint density at radius 1 is 1.38 bits per heavy atom. The van der Waals surface area contributed by atoms with E-state index in [4.69, 9.17) is 0 Å². The van der Waals surface area contributed by atoms with Crippen molar-refractivity contribution in [3.63, 3.8) is 0 Å². The van der Waals surface area contributed by atoms with Gasteiger partial charge in [0.2, 0.25) is 0 Å². The van der Waals surface area contributed by atoms with Crippen molar-refractivity contribution in [2.45, 2.75) is 19.9 Å². The third-order valence-corrected chi connectivity index (χ3v) is 2.63. The summed E-state index contributed by atoms with van der Waals surface area (Å²) in [5, 5.41) is 1.02. The lowest BCUT2D eigenvalue weighted by molar-refractivity contribution is 0.112. The molecule has 0 bridgehead atoms. The van der Waals surface area contributed by atoms with Crippen LogP contribution in [0.15, 0.2) is 30.5 Å². The molecule has 80 valence electrons. The molecule has 16 heavy (non-hydrogen) atoms. The minimum Gasteiger partial charge on any atom is -0.347 e.